The summed E-state index contributed by atoms with van der Waals surface area (Å²) in [7, 11) is 0. The number of amides is 1. The molecule has 1 aromatic heterocycles. The predicted molar refractivity (Wildman–Crippen MR) is 117 cm³/mol. The first-order valence-corrected chi connectivity index (χ1v) is 11.1. The monoisotopic (exact) mass is 394 g/mol. The minimum absolute atomic E-state index is 0.106. The Hall–Kier alpha value is -1.94. The Kier molecular flexibility index (Phi) is 5.91. The largest absolute Gasteiger partial charge is 0.379 e. The number of para-hydroxylation sites is 1. The number of hydrogen-bond acceptors (Lipinski definition) is 3. The number of benzene rings is 1. The molecule has 4 heteroatoms. The SMILES string of the molecule is CC(C)(C)C1CCC(C(=O)N[C@H]2COC[C@H]2Cc2ccnc3ccccc23)CC1. The van der Waals surface area contributed by atoms with Gasteiger partial charge in [0.25, 0.3) is 0 Å². The lowest BCUT2D eigenvalue weighted by molar-refractivity contribution is -0.127. The average Bonchev–Trinajstić information content (AvgIpc) is 3.14. The highest BCUT2D eigenvalue weighted by molar-refractivity contribution is 5.82. The zero-order valence-corrected chi connectivity index (χ0v) is 18.0. The van der Waals surface area contributed by atoms with Crippen LogP contribution in [0.4, 0.5) is 0 Å². The number of pyridine rings is 1. The minimum atomic E-state index is 0.106. The van der Waals surface area contributed by atoms with Crippen LogP contribution in [-0.4, -0.2) is 30.1 Å². The molecule has 4 rings (SSSR count). The van der Waals surface area contributed by atoms with Crippen LogP contribution in [0.1, 0.15) is 52.0 Å². The number of nitrogens with one attached hydrogen (secondary N) is 1. The zero-order valence-electron chi connectivity index (χ0n) is 18.0. The molecule has 1 saturated carbocycles. The lowest BCUT2D eigenvalue weighted by atomic mass is 9.69. The molecule has 1 aliphatic heterocycles. The van der Waals surface area contributed by atoms with E-state index in [0.29, 0.717) is 24.5 Å². The van der Waals surface area contributed by atoms with Crippen molar-refractivity contribution in [3.05, 3.63) is 42.1 Å². The van der Waals surface area contributed by atoms with E-state index in [4.69, 9.17) is 4.74 Å². The van der Waals surface area contributed by atoms with Crippen molar-refractivity contribution < 1.29 is 9.53 Å². The van der Waals surface area contributed by atoms with Gasteiger partial charge in [-0.15, -0.1) is 0 Å². The molecule has 0 bridgehead atoms. The fourth-order valence-electron chi connectivity index (χ4n) is 5.10. The summed E-state index contributed by atoms with van der Waals surface area (Å²) in [4.78, 5) is 17.4. The maximum atomic E-state index is 12.9. The van der Waals surface area contributed by atoms with Crippen LogP contribution < -0.4 is 5.32 Å². The van der Waals surface area contributed by atoms with Crippen LogP contribution in [-0.2, 0) is 16.0 Å². The van der Waals surface area contributed by atoms with E-state index < -0.39 is 0 Å². The maximum absolute atomic E-state index is 12.9. The van der Waals surface area contributed by atoms with Crippen LogP contribution in [0.3, 0.4) is 0 Å². The molecule has 1 N–H and O–H groups in total. The summed E-state index contributed by atoms with van der Waals surface area (Å²) in [6, 6.07) is 10.5. The molecule has 2 heterocycles. The Morgan fingerprint density at radius 1 is 1.10 bits per heavy atom. The van der Waals surface area contributed by atoms with E-state index in [9.17, 15) is 4.79 Å². The van der Waals surface area contributed by atoms with Crippen LogP contribution in [0, 0.1) is 23.2 Å². The van der Waals surface area contributed by atoms with Crippen molar-refractivity contribution in [1.82, 2.24) is 10.3 Å². The van der Waals surface area contributed by atoms with E-state index in [-0.39, 0.29) is 17.9 Å². The third kappa shape index (κ3) is 4.63. The molecule has 29 heavy (non-hydrogen) atoms. The van der Waals surface area contributed by atoms with E-state index in [2.05, 4.69) is 55.3 Å². The number of carbonyl (C=O) groups excluding carboxylic acids is 1. The molecule has 2 aliphatic rings. The Morgan fingerprint density at radius 3 is 2.62 bits per heavy atom. The van der Waals surface area contributed by atoms with Crippen molar-refractivity contribution in [1.29, 1.82) is 0 Å². The van der Waals surface area contributed by atoms with Crippen LogP contribution >= 0.6 is 0 Å². The van der Waals surface area contributed by atoms with Crippen LogP contribution in [0.2, 0.25) is 0 Å². The van der Waals surface area contributed by atoms with Crippen LogP contribution in [0.5, 0.6) is 0 Å². The quantitative estimate of drug-likeness (QED) is 0.813. The van der Waals surface area contributed by atoms with Crippen molar-refractivity contribution in [2.45, 2.75) is 58.9 Å². The molecule has 2 fully saturated rings. The number of fused-ring (bicyclic) bond motifs is 1. The van der Waals surface area contributed by atoms with E-state index in [0.717, 1.165) is 43.5 Å². The van der Waals surface area contributed by atoms with Gasteiger partial charge in [0.15, 0.2) is 0 Å². The lowest BCUT2D eigenvalue weighted by Gasteiger charge is -2.36. The zero-order chi connectivity index (χ0) is 20.4. The molecule has 4 nitrogen and oxygen atoms in total. The molecule has 1 amide bonds. The molecule has 1 aromatic carbocycles. The van der Waals surface area contributed by atoms with E-state index in [1.807, 2.05) is 12.3 Å². The number of rotatable bonds is 4. The first-order valence-electron chi connectivity index (χ1n) is 11.1. The average molecular weight is 395 g/mol. The summed E-state index contributed by atoms with van der Waals surface area (Å²) in [5, 5.41) is 4.54. The van der Waals surface area contributed by atoms with E-state index in [1.54, 1.807) is 0 Å². The van der Waals surface area contributed by atoms with Gasteiger partial charge in [0, 0.05) is 23.4 Å². The van der Waals surface area contributed by atoms with Gasteiger partial charge in [-0.3, -0.25) is 9.78 Å². The van der Waals surface area contributed by atoms with Gasteiger partial charge in [-0.2, -0.15) is 0 Å². The fraction of sp³-hybridized carbons (Fsp3) is 0.600. The van der Waals surface area contributed by atoms with E-state index >= 15 is 0 Å². The first-order chi connectivity index (χ1) is 13.9. The van der Waals surface area contributed by atoms with Gasteiger partial charge in [-0.25, -0.2) is 0 Å². The molecule has 0 unspecified atom stereocenters. The molecule has 156 valence electrons. The van der Waals surface area contributed by atoms with Crippen molar-refractivity contribution >= 4 is 16.8 Å². The van der Waals surface area contributed by atoms with Crippen molar-refractivity contribution in [2.24, 2.45) is 23.2 Å². The second kappa shape index (κ2) is 8.43. The second-order valence-corrected chi connectivity index (χ2v) is 10.0. The van der Waals surface area contributed by atoms with Crippen molar-refractivity contribution in [3.63, 3.8) is 0 Å². The molecule has 1 saturated heterocycles. The molecular formula is C25H34N2O2. The number of nitrogens with zero attached hydrogens (tertiary/aromatic N) is 1. The Bertz CT molecular complexity index is 844. The van der Waals surface area contributed by atoms with Gasteiger partial charge in [0.05, 0.1) is 24.8 Å². The topological polar surface area (TPSA) is 51.2 Å². The number of aromatic nitrogens is 1. The molecule has 2 aromatic rings. The van der Waals surface area contributed by atoms with Gasteiger partial charge in [0.2, 0.25) is 5.91 Å². The van der Waals surface area contributed by atoms with Crippen LogP contribution in [0.25, 0.3) is 10.9 Å². The molecule has 2 atom stereocenters. The van der Waals surface area contributed by atoms with Crippen LogP contribution in [0.15, 0.2) is 36.5 Å². The maximum Gasteiger partial charge on any atom is 0.223 e. The molecule has 0 radical (unpaired) electrons. The third-order valence-electron chi connectivity index (χ3n) is 7.07. The predicted octanol–water partition coefficient (Wildman–Crippen LogP) is 4.76. The summed E-state index contributed by atoms with van der Waals surface area (Å²) < 4.78 is 5.77. The molecule has 0 spiro atoms. The Balaban J connectivity index is 1.37. The van der Waals surface area contributed by atoms with Gasteiger partial charge >= 0.3 is 0 Å². The highest BCUT2D eigenvalue weighted by Crippen LogP contribution is 2.40. The summed E-state index contributed by atoms with van der Waals surface area (Å²) in [6.45, 7) is 8.29. The number of ether oxygens (including phenoxy) is 1. The highest BCUT2D eigenvalue weighted by Gasteiger charge is 2.35. The second-order valence-electron chi connectivity index (χ2n) is 10.0. The third-order valence-corrected chi connectivity index (χ3v) is 7.07. The fourth-order valence-corrected chi connectivity index (χ4v) is 5.10. The minimum Gasteiger partial charge on any atom is -0.379 e. The molecular weight excluding hydrogens is 360 g/mol. The normalized spacial score (nSPS) is 27.8. The standard InChI is InChI=1S/C25H34N2O2/c1-25(2,3)20-10-8-17(9-11-20)24(28)27-23-16-29-15-19(23)14-18-12-13-26-22-7-5-4-6-21(18)22/h4-7,12-13,17,19-20,23H,8-11,14-16H2,1-3H3,(H,27,28)/t17?,19-,20?,23+/m1/s1. The molecule has 1 aliphatic carbocycles. The summed E-state index contributed by atoms with van der Waals surface area (Å²) in [5.41, 5.74) is 2.66. The highest BCUT2D eigenvalue weighted by atomic mass is 16.5. The summed E-state index contributed by atoms with van der Waals surface area (Å²) in [5.74, 6) is 1.44. The number of carbonyl (C=O) groups is 1. The van der Waals surface area contributed by atoms with Crippen molar-refractivity contribution in [2.75, 3.05) is 13.2 Å². The van der Waals surface area contributed by atoms with Gasteiger partial charge in [-0.1, -0.05) is 39.0 Å². The Labute approximate surface area is 174 Å². The van der Waals surface area contributed by atoms with Gasteiger partial charge in [-0.05, 0) is 61.1 Å². The summed E-state index contributed by atoms with van der Waals surface area (Å²) in [6.07, 6.45) is 7.14. The smallest absolute Gasteiger partial charge is 0.223 e. The van der Waals surface area contributed by atoms with Gasteiger partial charge in [0.1, 0.15) is 0 Å². The lowest BCUT2D eigenvalue weighted by Crippen LogP contribution is -2.44. The Morgan fingerprint density at radius 2 is 1.86 bits per heavy atom. The summed E-state index contributed by atoms with van der Waals surface area (Å²) >= 11 is 0. The van der Waals surface area contributed by atoms with Crippen molar-refractivity contribution in [3.8, 4) is 0 Å². The number of hydrogen-bond donors (Lipinski definition) is 1. The van der Waals surface area contributed by atoms with E-state index in [1.165, 1.54) is 10.9 Å². The van der Waals surface area contributed by atoms with Gasteiger partial charge < -0.3 is 10.1 Å². The first kappa shape index (κ1) is 20.3.